The van der Waals surface area contributed by atoms with Crippen LogP contribution in [0.1, 0.15) is 11.3 Å². The molecule has 1 amide bonds. The summed E-state index contributed by atoms with van der Waals surface area (Å²) in [5.74, 6) is 1.62. The van der Waals surface area contributed by atoms with Crippen LogP contribution in [-0.2, 0) is 11.4 Å². The lowest BCUT2D eigenvalue weighted by atomic mass is 10.1. The third-order valence-electron chi connectivity index (χ3n) is 3.66. The van der Waals surface area contributed by atoms with Gasteiger partial charge in [-0.25, -0.2) is 0 Å². The van der Waals surface area contributed by atoms with Gasteiger partial charge in [-0.3, -0.25) is 4.79 Å². The van der Waals surface area contributed by atoms with Crippen LogP contribution in [0.3, 0.4) is 0 Å². The van der Waals surface area contributed by atoms with E-state index < -0.39 is 0 Å². The minimum absolute atomic E-state index is 0.0527. The van der Waals surface area contributed by atoms with E-state index in [1.807, 2.05) is 43.3 Å². The molecule has 2 N–H and O–H groups in total. The van der Waals surface area contributed by atoms with Crippen molar-refractivity contribution in [2.75, 3.05) is 11.9 Å². The molecule has 3 aromatic rings. The van der Waals surface area contributed by atoms with Crippen LogP contribution >= 0.6 is 0 Å². The second-order valence-corrected chi connectivity index (χ2v) is 5.65. The average molecular weight is 337 g/mol. The molecule has 5 nitrogen and oxygen atoms in total. The van der Waals surface area contributed by atoms with Gasteiger partial charge in [0.25, 0.3) is 5.91 Å². The van der Waals surface area contributed by atoms with E-state index >= 15 is 0 Å². The van der Waals surface area contributed by atoms with E-state index in [0.29, 0.717) is 23.0 Å². The summed E-state index contributed by atoms with van der Waals surface area (Å²) in [6.45, 7) is 1.81. The maximum atomic E-state index is 12.0. The molecule has 1 heterocycles. The van der Waals surface area contributed by atoms with Crippen molar-refractivity contribution in [2.45, 2.75) is 13.5 Å². The predicted octanol–water partition coefficient (Wildman–Crippen LogP) is 3.76. The SMILES string of the molecule is Cc1ccc(OCC(=O)Nc2ccc(-c3ccc(CO)o3)cc2)cc1. The quantitative estimate of drug-likeness (QED) is 0.718. The Labute approximate surface area is 145 Å². The van der Waals surface area contributed by atoms with Crippen LogP contribution in [0.2, 0.25) is 0 Å². The lowest BCUT2D eigenvalue weighted by molar-refractivity contribution is -0.118. The van der Waals surface area contributed by atoms with E-state index in [1.54, 1.807) is 24.3 Å². The van der Waals surface area contributed by atoms with Crippen molar-refractivity contribution in [2.24, 2.45) is 0 Å². The minimum Gasteiger partial charge on any atom is -0.484 e. The summed E-state index contributed by atoms with van der Waals surface area (Å²) in [5, 5.41) is 11.8. The monoisotopic (exact) mass is 337 g/mol. The molecule has 0 aliphatic rings. The molecule has 2 aromatic carbocycles. The van der Waals surface area contributed by atoms with E-state index in [1.165, 1.54) is 0 Å². The summed E-state index contributed by atoms with van der Waals surface area (Å²) in [5.41, 5.74) is 2.68. The molecule has 0 radical (unpaired) electrons. The number of hydrogen-bond acceptors (Lipinski definition) is 4. The molecule has 0 saturated carbocycles. The molecule has 25 heavy (non-hydrogen) atoms. The van der Waals surface area contributed by atoms with Crippen molar-refractivity contribution in [1.29, 1.82) is 0 Å². The van der Waals surface area contributed by atoms with Crippen molar-refractivity contribution in [3.05, 3.63) is 72.0 Å². The summed E-state index contributed by atoms with van der Waals surface area (Å²) in [6.07, 6.45) is 0. The number of hydrogen-bond donors (Lipinski definition) is 2. The molecule has 0 aliphatic carbocycles. The molecular formula is C20H19NO4. The Morgan fingerprint density at radius 3 is 2.40 bits per heavy atom. The van der Waals surface area contributed by atoms with Crippen LogP contribution in [0.4, 0.5) is 5.69 Å². The number of ether oxygens (including phenoxy) is 1. The van der Waals surface area contributed by atoms with Crippen LogP contribution in [-0.4, -0.2) is 17.6 Å². The van der Waals surface area contributed by atoms with Crippen LogP contribution in [0.5, 0.6) is 5.75 Å². The summed E-state index contributed by atoms with van der Waals surface area (Å²) in [4.78, 5) is 12.0. The van der Waals surface area contributed by atoms with Gasteiger partial charge >= 0.3 is 0 Å². The van der Waals surface area contributed by atoms with Gasteiger partial charge in [-0.1, -0.05) is 17.7 Å². The maximum absolute atomic E-state index is 12.0. The van der Waals surface area contributed by atoms with Gasteiger partial charge in [0.15, 0.2) is 6.61 Å². The van der Waals surface area contributed by atoms with Gasteiger partial charge in [-0.15, -0.1) is 0 Å². The van der Waals surface area contributed by atoms with Gasteiger partial charge in [-0.2, -0.15) is 0 Å². The Kier molecular flexibility index (Phi) is 5.16. The third kappa shape index (κ3) is 4.49. The lowest BCUT2D eigenvalue weighted by Gasteiger charge is -2.08. The van der Waals surface area contributed by atoms with E-state index in [-0.39, 0.29) is 19.1 Å². The first-order valence-corrected chi connectivity index (χ1v) is 7.93. The zero-order chi connectivity index (χ0) is 17.6. The van der Waals surface area contributed by atoms with Crippen molar-refractivity contribution < 1.29 is 19.1 Å². The number of amides is 1. The number of nitrogens with one attached hydrogen (secondary N) is 1. The first-order valence-electron chi connectivity index (χ1n) is 7.93. The highest BCUT2D eigenvalue weighted by Crippen LogP contribution is 2.23. The highest BCUT2D eigenvalue weighted by molar-refractivity contribution is 5.92. The van der Waals surface area contributed by atoms with Crippen molar-refractivity contribution in [3.63, 3.8) is 0 Å². The van der Waals surface area contributed by atoms with Gasteiger partial charge < -0.3 is 19.6 Å². The Hall–Kier alpha value is -3.05. The van der Waals surface area contributed by atoms with E-state index in [0.717, 1.165) is 11.1 Å². The lowest BCUT2D eigenvalue weighted by Crippen LogP contribution is -2.20. The zero-order valence-corrected chi connectivity index (χ0v) is 13.9. The van der Waals surface area contributed by atoms with Crippen LogP contribution < -0.4 is 10.1 Å². The molecule has 128 valence electrons. The first-order chi connectivity index (χ1) is 12.1. The molecule has 0 bridgehead atoms. The molecule has 0 atom stereocenters. The highest BCUT2D eigenvalue weighted by atomic mass is 16.5. The minimum atomic E-state index is -0.228. The number of carbonyl (C=O) groups is 1. The van der Waals surface area contributed by atoms with E-state index in [4.69, 9.17) is 14.3 Å². The number of aliphatic hydroxyl groups excluding tert-OH is 1. The van der Waals surface area contributed by atoms with Crippen molar-refractivity contribution in [1.82, 2.24) is 0 Å². The molecule has 0 fully saturated rings. The molecule has 1 aromatic heterocycles. The normalized spacial score (nSPS) is 10.5. The molecule has 3 rings (SSSR count). The Morgan fingerprint density at radius 2 is 1.76 bits per heavy atom. The van der Waals surface area contributed by atoms with E-state index in [2.05, 4.69) is 5.32 Å². The van der Waals surface area contributed by atoms with E-state index in [9.17, 15) is 4.79 Å². The third-order valence-corrected chi connectivity index (χ3v) is 3.66. The summed E-state index contributed by atoms with van der Waals surface area (Å²) < 4.78 is 10.9. The van der Waals surface area contributed by atoms with Crippen LogP contribution in [0.15, 0.2) is 65.1 Å². The second kappa shape index (κ2) is 7.68. The molecular weight excluding hydrogens is 318 g/mol. The van der Waals surface area contributed by atoms with Gasteiger partial charge in [0.1, 0.15) is 23.9 Å². The number of furan rings is 1. The number of aliphatic hydroxyl groups is 1. The molecule has 0 unspecified atom stereocenters. The standard InChI is InChI=1S/C20H19NO4/c1-14-2-8-17(9-3-14)24-13-20(23)21-16-6-4-15(5-7-16)19-11-10-18(12-22)25-19/h2-11,22H,12-13H2,1H3,(H,21,23). The fourth-order valence-corrected chi connectivity index (χ4v) is 2.32. The van der Waals surface area contributed by atoms with Gasteiger partial charge in [0.05, 0.1) is 0 Å². The number of anilines is 1. The van der Waals surface area contributed by atoms with Crippen molar-refractivity contribution in [3.8, 4) is 17.1 Å². The fraction of sp³-hybridized carbons (Fsp3) is 0.150. The summed E-state index contributed by atoms with van der Waals surface area (Å²) in [6, 6.07) is 18.3. The van der Waals surface area contributed by atoms with Gasteiger partial charge in [0, 0.05) is 11.3 Å². The molecule has 0 aliphatic heterocycles. The summed E-state index contributed by atoms with van der Waals surface area (Å²) in [7, 11) is 0. The zero-order valence-electron chi connectivity index (χ0n) is 13.9. The van der Waals surface area contributed by atoms with Crippen molar-refractivity contribution >= 4 is 11.6 Å². The van der Waals surface area contributed by atoms with Crippen LogP contribution in [0.25, 0.3) is 11.3 Å². The molecule has 0 saturated heterocycles. The van der Waals surface area contributed by atoms with Gasteiger partial charge in [0.2, 0.25) is 0 Å². The number of aryl methyl sites for hydroxylation is 1. The molecule has 5 heteroatoms. The number of rotatable bonds is 6. The Morgan fingerprint density at radius 1 is 1.04 bits per heavy atom. The maximum Gasteiger partial charge on any atom is 0.262 e. The number of carbonyl (C=O) groups excluding carboxylic acids is 1. The molecule has 0 spiro atoms. The summed E-state index contributed by atoms with van der Waals surface area (Å²) >= 11 is 0. The first kappa shape index (κ1) is 16.8. The van der Waals surface area contributed by atoms with Gasteiger partial charge in [-0.05, 0) is 55.5 Å². The predicted molar refractivity (Wildman–Crippen MR) is 95.4 cm³/mol. The average Bonchev–Trinajstić information content (AvgIpc) is 3.11. The topological polar surface area (TPSA) is 71.7 Å². The number of benzene rings is 2. The second-order valence-electron chi connectivity index (χ2n) is 5.65. The Bertz CT molecular complexity index is 835. The largest absolute Gasteiger partial charge is 0.484 e. The smallest absolute Gasteiger partial charge is 0.262 e. The Balaban J connectivity index is 1.55. The highest BCUT2D eigenvalue weighted by Gasteiger charge is 2.06. The van der Waals surface area contributed by atoms with Crippen LogP contribution in [0, 0.1) is 6.92 Å². The fourth-order valence-electron chi connectivity index (χ4n) is 2.32.